The van der Waals surface area contributed by atoms with E-state index in [1.807, 2.05) is 18.7 Å². The number of carbonyl (C=O) groups excluding carboxylic acids is 1. The normalized spacial score (nSPS) is 16.3. The molecular formula is C10H15N3OS. The lowest BCUT2D eigenvalue weighted by atomic mass is 10.1. The van der Waals surface area contributed by atoms with Gasteiger partial charge in [0.25, 0.3) is 5.91 Å². The second kappa shape index (κ2) is 4.26. The van der Waals surface area contributed by atoms with Crippen LogP contribution in [-0.4, -0.2) is 33.5 Å². The summed E-state index contributed by atoms with van der Waals surface area (Å²) in [5.41, 5.74) is 0.844. The van der Waals surface area contributed by atoms with Gasteiger partial charge in [-0.25, -0.2) is 0 Å². The van der Waals surface area contributed by atoms with E-state index in [1.165, 1.54) is 11.5 Å². The molecule has 5 heteroatoms. The first kappa shape index (κ1) is 10.5. The van der Waals surface area contributed by atoms with E-state index in [1.54, 1.807) is 0 Å². The van der Waals surface area contributed by atoms with E-state index in [2.05, 4.69) is 9.59 Å². The van der Waals surface area contributed by atoms with Crippen LogP contribution >= 0.6 is 11.5 Å². The van der Waals surface area contributed by atoms with E-state index in [0.29, 0.717) is 0 Å². The molecule has 1 aromatic heterocycles. The summed E-state index contributed by atoms with van der Waals surface area (Å²) in [7, 11) is 0. The zero-order valence-electron chi connectivity index (χ0n) is 9.06. The molecule has 0 N–H and O–H groups in total. The summed E-state index contributed by atoms with van der Waals surface area (Å²) < 4.78 is 3.88. The fourth-order valence-corrected chi connectivity index (χ4v) is 2.58. The molecule has 1 saturated heterocycles. The first-order valence-corrected chi connectivity index (χ1v) is 6.09. The van der Waals surface area contributed by atoms with Gasteiger partial charge in [-0.15, -0.1) is 5.10 Å². The maximum atomic E-state index is 12.1. The van der Waals surface area contributed by atoms with Gasteiger partial charge in [0.2, 0.25) is 0 Å². The molecule has 0 spiro atoms. The van der Waals surface area contributed by atoms with Gasteiger partial charge in [-0.2, -0.15) is 0 Å². The zero-order chi connectivity index (χ0) is 10.8. The maximum Gasteiger partial charge on any atom is 0.267 e. The number of nitrogens with zero attached hydrogens (tertiary/aromatic N) is 3. The highest BCUT2D eigenvalue weighted by Gasteiger charge is 2.25. The number of aromatic nitrogens is 2. The van der Waals surface area contributed by atoms with Gasteiger partial charge in [-0.3, -0.25) is 4.79 Å². The number of hydrogen-bond donors (Lipinski definition) is 0. The molecule has 4 nitrogen and oxygen atoms in total. The Labute approximate surface area is 93.5 Å². The van der Waals surface area contributed by atoms with E-state index in [0.717, 1.165) is 36.5 Å². The van der Waals surface area contributed by atoms with Crippen molar-refractivity contribution < 1.29 is 4.79 Å². The number of hydrogen-bond acceptors (Lipinski definition) is 4. The molecule has 2 heterocycles. The molecule has 0 radical (unpaired) electrons. The van der Waals surface area contributed by atoms with E-state index in [4.69, 9.17) is 0 Å². The Morgan fingerprint density at radius 3 is 2.67 bits per heavy atom. The summed E-state index contributed by atoms with van der Waals surface area (Å²) >= 11 is 1.22. The number of rotatable bonds is 2. The van der Waals surface area contributed by atoms with Crippen molar-refractivity contribution in [1.82, 2.24) is 14.5 Å². The van der Waals surface area contributed by atoms with E-state index >= 15 is 0 Å². The van der Waals surface area contributed by atoms with Gasteiger partial charge in [-0.05, 0) is 30.3 Å². The highest BCUT2D eigenvalue weighted by Crippen LogP contribution is 2.22. The van der Waals surface area contributed by atoms with Crippen LogP contribution in [0.2, 0.25) is 0 Å². The average Bonchev–Trinajstić information content (AvgIpc) is 2.88. The topological polar surface area (TPSA) is 46.1 Å². The van der Waals surface area contributed by atoms with Gasteiger partial charge < -0.3 is 4.90 Å². The molecule has 0 aromatic carbocycles. The number of likely N-dealkylation sites (tertiary alicyclic amines) is 1. The van der Waals surface area contributed by atoms with E-state index in [9.17, 15) is 4.79 Å². The van der Waals surface area contributed by atoms with Crippen LogP contribution in [0, 0.1) is 0 Å². The number of amides is 1. The fraction of sp³-hybridized carbons (Fsp3) is 0.700. The molecule has 1 amide bonds. The molecule has 1 aromatic rings. The Kier molecular flexibility index (Phi) is 3.00. The average molecular weight is 225 g/mol. The van der Waals surface area contributed by atoms with Crippen LogP contribution in [0.4, 0.5) is 0 Å². The van der Waals surface area contributed by atoms with Crippen molar-refractivity contribution in [2.24, 2.45) is 0 Å². The van der Waals surface area contributed by atoms with Gasteiger partial charge in [-0.1, -0.05) is 18.3 Å². The molecule has 2 rings (SSSR count). The molecule has 0 saturated carbocycles. The monoisotopic (exact) mass is 225 g/mol. The van der Waals surface area contributed by atoms with Crippen LogP contribution in [0.25, 0.3) is 0 Å². The second-order valence-electron chi connectivity index (χ2n) is 4.14. The molecular weight excluding hydrogens is 210 g/mol. The summed E-state index contributed by atoms with van der Waals surface area (Å²) in [4.78, 5) is 14.7. The van der Waals surface area contributed by atoms with Crippen molar-refractivity contribution >= 4 is 17.4 Å². The van der Waals surface area contributed by atoms with Crippen molar-refractivity contribution in [2.45, 2.75) is 32.6 Å². The maximum absolute atomic E-state index is 12.1. The summed E-state index contributed by atoms with van der Waals surface area (Å²) in [6, 6.07) is 0. The third kappa shape index (κ3) is 2.02. The van der Waals surface area contributed by atoms with Crippen molar-refractivity contribution in [3.63, 3.8) is 0 Å². The quantitative estimate of drug-likeness (QED) is 0.772. The number of carbonyl (C=O) groups is 1. The van der Waals surface area contributed by atoms with Crippen LogP contribution in [0.3, 0.4) is 0 Å². The highest BCUT2D eigenvalue weighted by molar-refractivity contribution is 7.08. The Hall–Kier alpha value is -0.970. The molecule has 0 bridgehead atoms. The van der Waals surface area contributed by atoms with E-state index < -0.39 is 0 Å². The molecule has 1 aliphatic rings. The Morgan fingerprint density at radius 1 is 1.40 bits per heavy atom. The molecule has 0 aliphatic carbocycles. The van der Waals surface area contributed by atoms with Gasteiger partial charge in [0.15, 0.2) is 0 Å². The lowest BCUT2D eigenvalue weighted by molar-refractivity contribution is 0.0796. The summed E-state index contributed by atoms with van der Waals surface area (Å²) in [6.45, 7) is 5.84. The predicted molar refractivity (Wildman–Crippen MR) is 59.1 cm³/mol. The van der Waals surface area contributed by atoms with Crippen LogP contribution in [0.15, 0.2) is 0 Å². The van der Waals surface area contributed by atoms with Crippen molar-refractivity contribution in [2.75, 3.05) is 13.1 Å². The fourth-order valence-electron chi connectivity index (χ4n) is 1.79. The SMILES string of the molecule is CC(C)c1nnsc1C(=O)N1CCCC1. The summed E-state index contributed by atoms with van der Waals surface area (Å²) in [6.07, 6.45) is 2.24. The Balaban J connectivity index is 2.20. The van der Waals surface area contributed by atoms with Gasteiger partial charge >= 0.3 is 0 Å². The molecule has 0 unspecified atom stereocenters. The first-order valence-electron chi connectivity index (χ1n) is 5.31. The Morgan fingerprint density at radius 2 is 2.07 bits per heavy atom. The Bertz CT molecular complexity index is 355. The van der Waals surface area contributed by atoms with Crippen molar-refractivity contribution in [3.8, 4) is 0 Å². The largest absolute Gasteiger partial charge is 0.338 e. The predicted octanol–water partition coefficient (Wildman–Crippen LogP) is 1.90. The van der Waals surface area contributed by atoms with Gasteiger partial charge in [0, 0.05) is 13.1 Å². The minimum Gasteiger partial charge on any atom is -0.338 e. The van der Waals surface area contributed by atoms with Crippen LogP contribution < -0.4 is 0 Å². The minimum absolute atomic E-state index is 0.117. The summed E-state index contributed by atoms with van der Waals surface area (Å²) in [5.74, 6) is 0.386. The lowest BCUT2D eigenvalue weighted by Crippen LogP contribution is -2.27. The zero-order valence-corrected chi connectivity index (χ0v) is 9.88. The third-order valence-electron chi connectivity index (χ3n) is 2.65. The van der Waals surface area contributed by atoms with Crippen LogP contribution in [0.1, 0.15) is 48.0 Å². The smallest absolute Gasteiger partial charge is 0.267 e. The molecule has 1 fully saturated rings. The standard InChI is InChI=1S/C10H15N3OS/c1-7(2)8-9(15-12-11-8)10(14)13-5-3-4-6-13/h7H,3-6H2,1-2H3. The van der Waals surface area contributed by atoms with Crippen LogP contribution in [0.5, 0.6) is 0 Å². The van der Waals surface area contributed by atoms with E-state index in [-0.39, 0.29) is 11.8 Å². The van der Waals surface area contributed by atoms with Crippen molar-refractivity contribution in [3.05, 3.63) is 10.6 Å². The van der Waals surface area contributed by atoms with Gasteiger partial charge in [0.1, 0.15) is 4.88 Å². The molecule has 82 valence electrons. The van der Waals surface area contributed by atoms with Gasteiger partial charge in [0.05, 0.1) is 5.69 Å². The van der Waals surface area contributed by atoms with Crippen LogP contribution in [-0.2, 0) is 0 Å². The molecule has 0 atom stereocenters. The second-order valence-corrected chi connectivity index (χ2v) is 4.90. The molecule has 15 heavy (non-hydrogen) atoms. The highest BCUT2D eigenvalue weighted by atomic mass is 32.1. The molecule has 1 aliphatic heterocycles. The lowest BCUT2D eigenvalue weighted by Gasteiger charge is -2.14. The summed E-state index contributed by atoms with van der Waals surface area (Å²) in [5, 5.41) is 4.03. The van der Waals surface area contributed by atoms with Crippen molar-refractivity contribution in [1.29, 1.82) is 0 Å². The third-order valence-corrected chi connectivity index (χ3v) is 3.38. The minimum atomic E-state index is 0.117. The first-order chi connectivity index (χ1) is 7.20.